The summed E-state index contributed by atoms with van der Waals surface area (Å²) >= 11 is 2.25. The highest BCUT2D eigenvalue weighted by atomic mass is 127. The van der Waals surface area contributed by atoms with Gasteiger partial charge < -0.3 is 10.8 Å². The molecule has 0 bridgehead atoms. The SMILES string of the molecule is CC(C)(C)[C@H](O)[C@H](N)c1cccc(I)c1.Cl. The van der Waals surface area contributed by atoms with E-state index in [2.05, 4.69) is 22.6 Å². The summed E-state index contributed by atoms with van der Waals surface area (Å²) in [6, 6.07) is 7.63. The first-order chi connectivity index (χ1) is 6.82. The second-order valence-electron chi connectivity index (χ2n) is 4.89. The van der Waals surface area contributed by atoms with E-state index < -0.39 is 6.10 Å². The molecular formula is C12H19ClINO. The van der Waals surface area contributed by atoms with E-state index in [1.165, 1.54) is 0 Å². The van der Waals surface area contributed by atoms with Gasteiger partial charge in [0.15, 0.2) is 0 Å². The maximum atomic E-state index is 10.1. The van der Waals surface area contributed by atoms with Crippen molar-refractivity contribution in [2.24, 2.45) is 11.1 Å². The fraction of sp³-hybridized carbons (Fsp3) is 0.500. The zero-order valence-corrected chi connectivity index (χ0v) is 12.7. The molecule has 0 saturated heterocycles. The molecule has 2 nitrogen and oxygen atoms in total. The number of hydrogen-bond acceptors (Lipinski definition) is 2. The molecule has 0 saturated carbocycles. The zero-order chi connectivity index (χ0) is 11.6. The Kier molecular flexibility index (Phi) is 6.25. The van der Waals surface area contributed by atoms with Crippen molar-refractivity contribution in [2.75, 3.05) is 0 Å². The van der Waals surface area contributed by atoms with Gasteiger partial charge in [-0.2, -0.15) is 0 Å². The number of halogens is 2. The summed E-state index contributed by atoms with van der Waals surface area (Å²) in [5.41, 5.74) is 6.84. The minimum absolute atomic E-state index is 0. The summed E-state index contributed by atoms with van der Waals surface area (Å²) in [4.78, 5) is 0. The zero-order valence-electron chi connectivity index (χ0n) is 9.77. The van der Waals surface area contributed by atoms with Gasteiger partial charge in [0.25, 0.3) is 0 Å². The number of benzene rings is 1. The van der Waals surface area contributed by atoms with Crippen LogP contribution in [0.15, 0.2) is 24.3 Å². The molecule has 16 heavy (non-hydrogen) atoms. The van der Waals surface area contributed by atoms with Crippen LogP contribution in [-0.4, -0.2) is 11.2 Å². The van der Waals surface area contributed by atoms with Crippen LogP contribution in [0.1, 0.15) is 32.4 Å². The van der Waals surface area contributed by atoms with E-state index >= 15 is 0 Å². The third kappa shape index (κ3) is 4.20. The summed E-state index contributed by atoms with van der Waals surface area (Å²) in [6.07, 6.45) is -0.532. The van der Waals surface area contributed by atoms with E-state index in [1.54, 1.807) is 0 Å². The van der Waals surface area contributed by atoms with Crippen molar-refractivity contribution in [3.05, 3.63) is 33.4 Å². The molecule has 0 unspecified atom stereocenters. The van der Waals surface area contributed by atoms with Gasteiger partial charge in [-0.05, 0) is 45.7 Å². The van der Waals surface area contributed by atoms with Crippen LogP contribution in [0.5, 0.6) is 0 Å². The van der Waals surface area contributed by atoms with E-state index in [9.17, 15) is 5.11 Å². The third-order valence-electron chi connectivity index (χ3n) is 2.46. The van der Waals surface area contributed by atoms with E-state index in [0.717, 1.165) is 9.13 Å². The summed E-state index contributed by atoms with van der Waals surface area (Å²) in [6.45, 7) is 5.97. The van der Waals surface area contributed by atoms with Crippen molar-refractivity contribution in [3.8, 4) is 0 Å². The van der Waals surface area contributed by atoms with Gasteiger partial charge in [-0.25, -0.2) is 0 Å². The summed E-state index contributed by atoms with van der Waals surface area (Å²) < 4.78 is 1.14. The molecule has 1 aromatic rings. The molecule has 1 aromatic carbocycles. The van der Waals surface area contributed by atoms with E-state index in [-0.39, 0.29) is 23.9 Å². The monoisotopic (exact) mass is 355 g/mol. The molecule has 4 heteroatoms. The van der Waals surface area contributed by atoms with Crippen molar-refractivity contribution in [1.29, 1.82) is 0 Å². The van der Waals surface area contributed by atoms with Crippen LogP contribution in [0.25, 0.3) is 0 Å². The highest BCUT2D eigenvalue weighted by molar-refractivity contribution is 14.1. The van der Waals surface area contributed by atoms with E-state index in [0.29, 0.717) is 0 Å². The number of hydrogen-bond donors (Lipinski definition) is 2. The fourth-order valence-corrected chi connectivity index (χ4v) is 2.00. The van der Waals surface area contributed by atoms with Crippen molar-refractivity contribution < 1.29 is 5.11 Å². The number of rotatable bonds is 2. The van der Waals surface area contributed by atoms with Crippen LogP contribution in [-0.2, 0) is 0 Å². The first-order valence-corrected chi connectivity index (χ1v) is 6.09. The standard InChI is InChI=1S/C12H18INO.ClH/c1-12(2,3)11(15)10(14)8-5-4-6-9(13)7-8;/h4-7,10-11,15H,14H2,1-3H3;1H/t10-,11-;/m1./s1. The molecule has 0 aliphatic carbocycles. The predicted octanol–water partition coefficient (Wildman–Crippen LogP) is 3.12. The fourth-order valence-electron chi connectivity index (χ4n) is 1.43. The molecule has 0 aliphatic rings. The second-order valence-corrected chi connectivity index (χ2v) is 6.14. The summed E-state index contributed by atoms with van der Waals surface area (Å²) in [5, 5.41) is 10.1. The smallest absolute Gasteiger partial charge is 0.0780 e. The van der Waals surface area contributed by atoms with Gasteiger partial charge in [-0.3, -0.25) is 0 Å². The molecule has 0 aliphatic heterocycles. The van der Waals surface area contributed by atoms with Crippen LogP contribution < -0.4 is 5.73 Å². The van der Waals surface area contributed by atoms with Gasteiger partial charge >= 0.3 is 0 Å². The highest BCUT2D eigenvalue weighted by Crippen LogP contribution is 2.28. The molecule has 0 fully saturated rings. The van der Waals surface area contributed by atoms with Crippen LogP contribution in [0, 0.1) is 8.99 Å². The Hall–Kier alpha value is 0.160. The van der Waals surface area contributed by atoms with Crippen LogP contribution in [0.2, 0.25) is 0 Å². The Labute approximate surface area is 117 Å². The van der Waals surface area contributed by atoms with E-state index in [1.807, 2.05) is 45.0 Å². The average molecular weight is 356 g/mol. The average Bonchev–Trinajstić information content (AvgIpc) is 2.14. The van der Waals surface area contributed by atoms with Crippen LogP contribution in [0.4, 0.5) is 0 Å². The quantitative estimate of drug-likeness (QED) is 0.801. The lowest BCUT2D eigenvalue weighted by Gasteiger charge is -2.31. The molecule has 92 valence electrons. The Morgan fingerprint density at radius 3 is 2.31 bits per heavy atom. The second kappa shape index (κ2) is 6.19. The molecule has 0 amide bonds. The molecule has 0 aromatic heterocycles. The lowest BCUT2D eigenvalue weighted by Crippen LogP contribution is -2.36. The largest absolute Gasteiger partial charge is 0.391 e. The van der Waals surface area contributed by atoms with Gasteiger partial charge in [-0.15, -0.1) is 12.4 Å². The van der Waals surface area contributed by atoms with Gasteiger partial charge in [0.2, 0.25) is 0 Å². The van der Waals surface area contributed by atoms with Crippen molar-refractivity contribution in [2.45, 2.75) is 32.9 Å². The first kappa shape index (κ1) is 16.2. The Balaban J connectivity index is 0.00000225. The normalized spacial score (nSPS) is 15.1. The van der Waals surface area contributed by atoms with E-state index in [4.69, 9.17) is 5.73 Å². The van der Waals surface area contributed by atoms with Gasteiger partial charge in [-0.1, -0.05) is 32.9 Å². The molecular weight excluding hydrogens is 336 g/mol. The summed E-state index contributed by atoms with van der Waals surface area (Å²) in [7, 11) is 0. The van der Waals surface area contributed by atoms with Crippen LogP contribution in [0.3, 0.4) is 0 Å². The minimum Gasteiger partial charge on any atom is -0.391 e. The molecule has 0 radical (unpaired) electrons. The lowest BCUT2D eigenvalue weighted by molar-refractivity contribution is 0.0401. The minimum atomic E-state index is -0.532. The third-order valence-corrected chi connectivity index (χ3v) is 3.13. The maximum absolute atomic E-state index is 10.1. The number of aliphatic hydroxyl groups excluding tert-OH is 1. The Bertz CT molecular complexity index is 338. The van der Waals surface area contributed by atoms with Gasteiger partial charge in [0.1, 0.15) is 0 Å². The maximum Gasteiger partial charge on any atom is 0.0780 e. The highest BCUT2D eigenvalue weighted by Gasteiger charge is 2.28. The van der Waals surface area contributed by atoms with Crippen molar-refractivity contribution >= 4 is 35.0 Å². The first-order valence-electron chi connectivity index (χ1n) is 5.01. The number of nitrogens with two attached hydrogens (primary N) is 1. The predicted molar refractivity (Wildman–Crippen MR) is 78.8 cm³/mol. The molecule has 1 rings (SSSR count). The van der Waals surface area contributed by atoms with Crippen molar-refractivity contribution in [3.63, 3.8) is 0 Å². The lowest BCUT2D eigenvalue weighted by atomic mass is 9.82. The molecule has 3 N–H and O–H groups in total. The molecule has 0 heterocycles. The topological polar surface area (TPSA) is 46.2 Å². The van der Waals surface area contributed by atoms with Crippen LogP contribution >= 0.6 is 35.0 Å². The molecule has 0 spiro atoms. The van der Waals surface area contributed by atoms with Crippen molar-refractivity contribution in [1.82, 2.24) is 0 Å². The number of aliphatic hydroxyl groups is 1. The van der Waals surface area contributed by atoms with Gasteiger partial charge in [0.05, 0.1) is 12.1 Å². The Morgan fingerprint density at radius 1 is 1.31 bits per heavy atom. The molecule has 2 atom stereocenters. The summed E-state index contributed by atoms with van der Waals surface area (Å²) in [5.74, 6) is 0. The Morgan fingerprint density at radius 2 is 1.88 bits per heavy atom. The van der Waals surface area contributed by atoms with Gasteiger partial charge in [0, 0.05) is 3.57 Å².